The van der Waals surface area contributed by atoms with Crippen molar-refractivity contribution in [1.29, 1.82) is 0 Å². The van der Waals surface area contributed by atoms with Gasteiger partial charge in [-0.3, -0.25) is 13.8 Å². The summed E-state index contributed by atoms with van der Waals surface area (Å²) in [4.78, 5) is 32.2. The van der Waals surface area contributed by atoms with Gasteiger partial charge in [0.1, 0.15) is 5.00 Å². The summed E-state index contributed by atoms with van der Waals surface area (Å²) in [6, 6.07) is 7.23. The summed E-state index contributed by atoms with van der Waals surface area (Å²) in [5.41, 5.74) is -1.23. The van der Waals surface area contributed by atoms with Crippen LogP contribution in [0.4, 0.5) is 23.3 Å². The molecular formula is C23H19Cl2F3N4O4S2. The second-order valence-corrected chi connectivity index (χ2v) is 11.6. The summed E-state index contributed by atoms with van der Waals surface area (Å²) in [6.45, 7) is 0.397. The molecule has 2 heterocycles. The van der Waals surface area contributed by atoms with Crippen molar-refractivity contribution in [2.75, 3.05) is 34.8 Å². The first-order chi connectivity index (χ1) is 17.9. The Balaban J connectivity index is 1.61. The normalized spacial score (nSPS) is 14.4. The second-order valence-electron chi connectivity index (χ2n) is 8.09. The molecule has 0 saturated carbocycles. The molecule has 1 aliphatic rings. The molecule has 2 aromatic carbocycles. The van der Waals surface area contributed by atoms with Gasteiger partial charge in [0.05, 0.1) is 15.6 Å². The Morgan fingerprint density at radius 2 is 1.74 bits per heavy atom. The van der Waals surface area contributed by atoms with Gasteiger partial charge in [-0.1, -0.05) is 52.7 Å². The lowest BCUT2D eigenvalue weighted by atomic mass is 10.1. The summed E-state index contributed by atoms with van der Waals surface area (Å²) < 4.78 is 51.8. The topological polar surface area (TPSA) is 112 Å². The lowest BCUT2D eigenvalue weighted by Gasteiger charge is -2.25. The molecule has 0 spiro atoms. The largest absolute Gasteiger partial charge is 0.505 e. The van der Waals surface area contributed by atoms with Crippen molar-refractivity contribution in [2.45, 2.75) is 12.7 Å². The van der Waals surface area contributed by atoms with Crippen LogP contribution in [0.1, 0.15) is 32.0 Å². The Kier molecular flexibility index (Phi) is 8.50. The zero-order chi connectivity index (χ0) is 27.6. The van der Waals surface area contributed by atoms with Crippen LogP contribution in [-0.4, -0.2) is 50.7 Å². The third-order valence-electron chi connectivity index (χ3n) is 5.55. The maximum absolute atomic E-state index is 13.4. The van der Waals surface area contributed by atoms with E-state index < -0.39 is 46.6 Å². The predicted molar refractivity (Wildman–Crippen MR) is 141 cm³/mol. The van der Waals surface area contributed by atoms with E-state index in [-0.39, 0.29) is 31.9 Å². The minimum absolute atomic E-state index is 0.00779. The van der Waals surface area contributed by atoms with Crippen molar-refractivity contribution in [1.82, 2.24) is 10.3 Å². The van der Waals surface area contributed by atoms with Gasteiger partial charge in [0.25, 0.3) is 11.8 Å². The molecule has 0 atom stereocenters. The van der Waals surface area contributed by atoms with Gasteiger partial charge in [0.15, 0.2) is 16.6 Å². The zero-order valence-electron chi connectivity index (χ0n) is 19.3. The number of nitrogens with one attached hydrogen (secondary N) is 2. The van der Waals surface area contributed by atoms with Crippen LogP contribution in [0.25, 0.3) is 0 Å². The first kappa shape index (κ1) is 28.1. The molecule has 0 bridgehead atoms. The number of nitrogens with zero attached hydrogens (tertiary/aromatic N) is 2. The molecule has 1 saturated heterocycles. The van der Waals surface area contributed by atoms with Gasteiger partial charge in [-0.25, -0.2) is 4.98 Å². The third-order valence-corrected chi connectivity index (χ3v) is 8.43. The molecule has 3 N–H and O–H groups in total. The standard InChI is InChI=1S/C23H19Cl2F3N4O4S2/c24-15-9-13(10-16(25)18(15)33)19(34)31-21-17(30-22(37-21)32-5-7-38(36)8-6-32)20(35)29-11-12-3-1-2-4-14(12)23(26,27)28/h1-4,9-10,33H,5-8,11H2,(H,29,35)(H,31,34). The molecule has 202 valence electrons. The Morgan fingerprint density at radius 3 is 2.37 bits per heavy atom. The quantitative estimate of drug-likeness (QED) is 0.367. The molecule has 1 aliphatic heterocycles. The molecule has 0 radical (unpaired) electrons. The number of carbonyl (C=O) groups excluding carboxylic acids is 2. The molecule has 4 rings (SSSR count). The van der Waals surface area contributed by atoms with Gasteiger partial charge in [-0.2, -0.15) is 13.2 Å². The molecule has 3 aromatic rings. The monoisotopic (exact) mass is 606 g/mol. The number of anilines is 2. The fraction of sp³-hybridized carbons (Fsp3) is 0.261. The molecule has 38 heavy (non-hydrogen) atoms. The number of thiazole rings is 1. The van der Waals surface area contributed by atoms with Crippen LogP contribution < -0.4 is 15.5 Å². The maximum Gasteiger partial charge on any atom is 0.416 e. The molecule has 0 aliphatic carbocycles. The molecule has 1 aromatic heterocycles. The Morgan fingerprint density at radius 1 is 1.11 bits per heavy atom. The van der Waals surface area contributed by atoms with E-state index in [0.717, 1.165) is 17.4 Å². The van der Waals surface area contributed by atoms with Crippen LogP contribution in [0, 0.1) is 0 Å². The van der Waals surface area contributed by atoms with Crippen molar-refractivity contribution in [2.24, 2.45) is 0 Å². The summed E-state index contributed by atoms with van der Waals surface area (Å²) >= 11 is 12.8. The van der Waals surface area contributed by atoms with Gasteiger partial charge >= 0.3 is 6.18 Å². The highest BCUT2D eigenvalue weighted by molar-refractivity contribution is 7.85. The lowest BCUT2D eigenvalue weighted by molar-refractivity contribution is -0.138. The first-order valence-corrected chi connectivity index (χ1v) is 14.0. The second kappa shape index (κ2) is 11.5. The summed E-state index contributed by atoms with van der Waals surface area (Å²) in [5, 5.41) is 14.9. The zero-order valence-corrected chi connectivity index (χ0v) is 22.4. The summed E-state index contributed by atoms with van der Waals surface area (Å²) in [7, 11) is -0.968. The van der Waals surface area contributed by atoms with Crippen LogP contribution >= 0.6 is 34.5 Å². The lowest BCUT2D eigenvalue weighted by Crippen LogP contribution is -2.37. The molecule has 8 nitrogen and oxygen atoms in total. The van der Waals surface area contributed by atoms with Gasteiger partial charge < -0.3 is 20.6 Å². The number of alkyl halides is 3. The number of rotatable bonds is 6. The van der Waals surface area contributed by atoms with Crippen LogP contribution in [0.5, 0.6) is 5.75 Å². The van der Waals surface area contributed by atoms with Crippen LogP contribution in [-0.2, 0) is 23.5 Å². The molecule has 2 amide bonds. The average molecular weight is 607 g/mol. The van der Waals surface area contributed by atoms with Crippen LogP contribution in [0.2, 0.25) is 10.0 Å². The van der Waals surface area contributed by atoms with Crippen molar-refractivity contribution in [3.05, 3.63) is 68.8 Å². The number of aromatic nitrogens is 1. The van der Waals surface area contributed by atoms with Crippen molar-refractivity contribution < 1.29 is 32.1 Å². The van der Waals surface area contributed by atoms with E-state index in [4.69, 9.17) is 23.2 Å². The highest BCUT2D eigenvalue weighted by Gasteiger charge is 2.33. The van der Waals surface area contributed by atoms with Gasteiger partial charge in [0, 0.05) is 47.5 Å². The Hall–Kier alpha value is -2.87. The van der Waals surface area contributed by atoms with Crippen LogP contribution in [0.3, 0.4) is 0 Å². The number of phenols is 1. The van der Waals surface area contributed by atoms with Gasteiger partial charge in [-0.15, -0.1) is 0 Å². The van der Waals surface area contributed by atoms with Gasteiger partial charge in [-0.05, 0) is 23.8 Å². The summed E-state index contributed by atoms with van der Waals surface area (Å²) in [5.74, 6) is -1.10. The number of benzene rings is 2. The van der Waals surface area contributed by atoms with E-state index in [1.807, 2.05) is 4.90 Å². The number of hydrogen-bond donors (Lipinski definition) is 3. The fourth-order valence-electron chi connectivity index (χ4n) is 3.59. The fourth-order valence-corrected chi connectivity index (χ4v) is 6.14. The number of hydrogen-bond acceptors (Lipinski definition) is 7. The number of amides is 2. The van der Waals surface area contributed by atoms with Crippen molar-refractivity contribution >= 4 is 67.3 Å². The number of aromatic hydroxyl groups is 1. The summed E-state index contributed by atoms with van der Waals surface area (Å²) in [6.07, 6.45) is -4.60. The van der Waals surface area contributed by atoms with Crippen LogP contribution in [0.15, 0.2) is 36.4 Å². The van der Waals surface area contributed by atoms with Gasteiger partial charge in [0.2, 0.25) is 0 Å². The Labute approximate surface area is 231 Å². The van der Waals surface area contributed by atoms with E-state index in [2.05, 4.69) is 15.6 Å². The highest BCUT2D eigenvalue weighted by Crippen LogP contribution is 2.36. The third kappa shape index (κ3) is 6.40. The maximum atomic E-state index is 13.4. The SMILES string of the molecule is O=C(Nc1sc(N2CCS(=O)CC2)nc1C(=O)NCc1ccccc1C(F)(F)F)c1cc(Cl)c(O)c(Cl)c1. The van der Waals surface area contributed by atoms with E-state index >= 15 is 0 Å². The van der Waals surface area contributed by atoms with Crippen molar-refractivity contribution in [3.63, 3.8) is 0 Å². The predicted octanol–water partition coefficient (Wildman–Crippen LogP) is 4.93. The average Bonchev–Trinajstić information content (AvgIpc) is 3.29. The molecular weight excluding hydrogens is 588 g/mol. The number of phenolic OH excluding ortho intramolecular Hbond substituents is 1. The number of halogens is 5. The minimum atomic E-state index is -4.60. The van der Waals surface area contributed by atoms with Crippen molar-refractivity contribution in [3.8, 4) is 5.75 Å². The Bertz CT molecular complexity index is 1380. The van der Waals surface area contributed by atoms with E-state index in [1.54, 1.807) is 0 Å². The first-order valence-electron chi connectivity index (χ1n) is 11.0. The van der Waals surface area contributed by atoms with E-state index in [9.17, 15) is 32.1 Å². The minimum Gasteiger partial charge on any atom is -0.505 e. The molecule has 15 heteroatoms. The number of carbonyl (C=O) groups is 2. The molecule has 0 unspecified atom stereocenters. The molecule has 1 fully saturated rings. The van der Waals surface area contributed by atoms with E-state index in [0.29, 0.717) is 29.7 Å². The van der Waals surface area contributed by atoms with E-state index in [1.165, 1.54) is 30.3 Å². The smallest absolute Gasteiger partial charge is 0.416 e. The highest BCUT2D eigenvalue weighted by atomic mass is 35.5.